The van der Waals surface area contributed by atoms with Crippen LogP contribution < -0.4 is 0 Å². The van der Waals surface area contributed by atoms with Gasteiger partial charge in [0.1, 0.15) is 0 Å². The molecule has 0 aromatic carbocycles. The molecule has 0 aliphatic carbocycles. The van der Waals surface area contributed by atoms with Crippen molar-refractivity contribution < 1.29 is 8.85 Å². The lowest BCUT2D eigenvalue weighted by Gasteiger charge is -2.42. The van der Waals surface area contributed by atoms with E-state index >= 15 is 0 Å². The van der Waals surface area contributed by atoms with Crippen molar-refractivity contribution in [2.45, 2.75) is 40.8 Å². The predicted octanol–water partition coefficient (Wildman–Crippen LogP) is 3.27. The molecule has 2 nitrogen and oxygen atoms in total. The number of hydrogen-bond acceptors (Lipinski definition) is 2. The normalized spacial score (nSPS) is 36.0. The molecule has 0 aromatic rings. The molecule has 0 amide bonds. The molecule has 1 aliphatic rings. The minimum atomic E-state index is -1.83. The Bertz CT molecular complexity index is 309. The van der Waals surface area contributed by atoms with E-state index in [-0.39, 0.29) is 0 Å². The highest BCUT2D eigenvalue weighted by molar-refractivity contribution is 6.97. The van der Waals surface area contributed by atoms with Crippen LogP contribution in [0, 0.1) is 0 Å². The van der Waals surface area contributed by atoms with Crippen LogP contribution in [0.1, 0.15) is 27.7 Å². The average molecular weight is 256 g/mol. The van der Waals surface area contributed by atoms with E-state index in [0.29, 0.717) is 0 Å². The van der Waals surface area contributed by atoms with E-state index < -0.39 is 16.6 Å². The molecule has 92 valence electrons. The zero-order valence-electron chi connectivity index (χ0n) is 11.8. The third-order valence-corrected chi connectivity index (χ3v) is 14.2. The fraction of sp³-hybridized carbons (Fsp3) is 0.667. The van der Waals surface area contributed by atoms with Gasteiger partial charge < -0.3 is 8.85 Å². The number of hydrogen-bond donors (Lipinski definition) is 0. The van der Waals surface area contributed by atoms with Crippen LogP contribution in [0.25, 0.3) is 0 Å². The third kappa shape index (κ3) is 1.59. The molecule has 1 heterocycles. The van der Waals surface area contributed by atoms with Gasteiger partial charge in [0.2, 0.25) is 16.6 Å². The highest BCUT2D eigenvalue weighted by atomic mass is 28.4. The summed E-state index contributed by atoms with van der Waals surface area (Å²) in [6.45, 7) is 13.5. The Kier molecular flexibility index (Phi) is 3.69. The number of allylic oxidation sites excluding steroid dienone is 4. The zero-order valence-corrected chi connectivity index (χ0v) is 13.8. The van der Waals surface area contributed by atoms with Gasteiger partial charge in [0, 0.05) is 14.2 Å². The van der Waals surface area contributed by atoms with E-state index in [9.17, 15) is 0 Å². The first-order chi connectivity index (χ1) is 7.25. The van der Waals surface area contributed by atoms with Gasteiger partial charge in [0.05, 0.1) is 0 Å². The molecule has 0 unspecified atom stereocenters. The molecule has 0 aromatic heterocycles. The molecule has 0 atom stereocenters. The van der Waals surface area contributed by atoms with Crippen LogP contribution in [-0.2, 0) is 8.85 Å². The van der Waals surface area contributed by atoms with Gasteiger partial charge in [-0.05, 0) is 40.8 Å². The second kappa shape index (κ2) is 4.25. The molecule has 0 N–H and O–H groups in total. The first kappa shape index (κ1) is 13.9. The van der Waals surface area contributed by atoms with Crippen LogP contribution in [-0.4, -0.2) is 30.9 Å². The SMILES string of the molecule is CO[Si]1(C)C(C)=C(C)[Si](C)(OC)C(C)=C1C. The zero-order chi connectivity index (χ0) is 12.7. The highest BCUT2D eigenvalue weighted by Crippen LogP contribution is 2.40. The Morgan fingerprint density at radius 3 is 0.938 bits per heavy atom. The molecule has 1 aliphatic heterocycles. The van der Waals surface area contributed by atoms with Gasteiger partial charge in [-0.3, -0.25) is 0 Å². The van der Waals surface area contributed by atoms with Crippen molar-refractivity contribution in [3.8, 4) is 0 Å². The van der Waals surface area contributed by atoms with Crippen LogP contribution in [0.2, 0.25) is 13.1 Å². The molecule has 0 bridgehead atoms. The van der Waals surface area contributed by atoms with Crippen molar-refractivity contribution in [1.82, 2.24) is 0 Å². The van der Waals surface area contributed by atoms with Crippen molar-refractivity contribution in [3.05, 3.63) is 20.8 Å². The van der Waals surface area contributed by atoms with Crippen LogP contribution in [0.4, 0.5) is 0 Å². The molecule has 16 heavy (non-hydrogen) atoms. The van der Waals surface area contributed by atoms with Gasteiger partial charge >= 0.3 is 0 Å². The Balaban J connectivity index is 3.49. The van der Waals surface area contributed by atoms with Crippen LogP contribution in [0.3, 0.4) is 0 Å². The van der Waals surface area contributed by atoms with Gasteiger partial charge in [-0.2, -0.15) is 0 Å². The molecular formula is C12H24O2Si2. The molecular weight excluding hydrogens is 232 g/mol. The summed E-state index contributed by atoms with van der Waals surface area (Å²) in [5.41, 5.74) is 0. The number of rotatable bonds is 2. The van der Waals surface area contributed by atoms with Crippen LogP contribution >= 0.6 is 0 Å². The fourth-order valence-corrected chi connectivity index (χ4v) is 10.7. The Morgan fingerprint density at radius 2 is 0.812 bits per heavy atom. The third-order valence-electron chi connectivity index (χ3n) is 4.80. The second-order valence-electron chi connectivity index (χ2n) is 4.97. The Labute approximate surface area is 102 Å². The van der Waals surface area contributed by atoms with E-state index in [1.54, 1.807) is 0 Å². The predicted molar refractivity (Wildman–Crippen MR) is 74.0 cm³/mol. The lowest BCUT2D eigenvalue weighted by atomic mass is 10.5. The monoisotopic (exact) mass is 256 g/mol. The highest BCUT2D eigenvalue weighted by Gasteiger charge is 2.47. The lowest BCUT2D eigenvalue weighted by molar-refractivity contribution is 0.402. The van der Waals surface area contributed by atoms with Gasteiger partial charge in [-0.1, -0.05) is 20.8 Å². The quantitative estimate of drug-likeness (QED) is 0.706. The van der Waals surface area contributed by atoms with Crippen molar-refractivity contribution in [2.24, 2.45) is 0 Å². The maximum absolute atomic E-state index is 5.87. The van der Waals surface area contributed by atoms with Crippen molar-refractivity contribution in [2.75, 3.05) is 14.2 Å². The van der Waals surface area contributed by atoms with Gasteiger partial charge in [0.25, 0.3) is 0 Å². The van der Waals surface area contributed by atoms with Gasteiger partial charge in [-0.15, -0.1) is 0 Å². The summed E-state index contributed by atoms with van der Waals surface area (Å²) >= 11 is 0. The molecule has 4 heteroatoms. The molecule has 0 fully saturated rings. The molecule has 1 rings (SSSR count). The summed E-state index contributed by atoms with van der Waals surface area (Å²) < 4.78 is 11.7. The largest absolute Gasteiger partial charge is 0.412 e. The average Bonchev–Trinajstić information content (AvgIpc) is 2.31. The minimum Gasteiger partial charge on any atom is -0.412 e. The first-order valence-electron chi connectivity index (χ1n) is 5.72. The minimum absolute atomic E-state index is 1.45. The van der Waals surface area contributed by atoms with E-state index in [2.05, 4.69) is 40.8 Å². The van der Waals surface area contributed by atoms with E-state index in [4.69, 9.17) is 8.85 Å². The fourth-order valence-electron chi connectivity index (χ4n) is 2.61. The Hall–Kier alpha value is -0.166. The Morgan fingerprint density at radius 1 is 0.625 bits per heavy atom. The molecule has 0 saturated heterocycles. The van der Waals surface area contributed by atoms with E-state index in [1.165, 1.54) is 20.8 Å². The summed E-state index contributed by atoms with van der Waals surface area (Å²) in [6, 6.07) is 0. The maximum Gasteiger partial charge on any atom is 0.243 e. The summed E-state index contributed by atoms with van der Waals surface area (Å²) in [7, 11) is 0.0189. The van der Waals surface area contributed by atoms with Crippen LogP contribution in [0.5, 0.6) is 0 Å². The summed E-state index contributed by atoms with van der Waals surface area (Å²) in [4.78, 5) is 0. The standard InChI is InChI=1S/C12H24O2Si2/c1-9-10(2)16(8,14-6)12(4)11(3)15(9,7)13-5/h1-8H3. The molecule has 0 radical (unpaired) electrons. The second-order valence-corrected chi connectivity index (χ2v) is 12.9. The summed E-state index contributed by atoms with van der Waals surface area (Å²) in [5.74, 6) is 0. The molecule has 0 spiro atoms. The lowest BCUT2D eigenvalue weighted by Crippen LogP contribution is -2.51. The van der Waals surface area contributed by atoms with E-state index in [1.807, 2.05) is 14.2 Å². The summed E-state index contributed by atoms with van der Waals surface area (Å²) in [6.07, 6.45) is 0. The first-order valence-corrected chi connectivity index (χ1v) is 10.5. The van der Waals surface area contributed by atoms with Crippen LogP contribution in [0.15, 0.2) is 20.8 Å². The van der Waals surface area contributed by atoms with Gasteiger partial charge in [-0.25, -0.2) is 0 Å². The topological polar surface area (TPSA) is 18.5 Å². The van der Waals surface area contributed by atoms with Crippen molar-refractivity contribution in [3.63, 3.8) is 0 Å². The maximum atomic E-state index is 5.87. The van der Waals surface area contributed by atoms with Crippen molar-refractivity contribution >= 4 is 16.6 Å². The van der Waals surface area contributed by atoms with Crippen molar-refractivity contribution in [1.29, 1.82) is 0 Å². The van der Waals surface area contributed by atoms with Gasteiger partial charge in [0.15, 0.2) is 0 Å². The van der Waals surface area contributed by atoms with E-state index in [0.717, 1.165) is 0 Å². The molecule has 0 saturated carbocycles. The summed E-state index contributed by atoms with van der Waals surface area (Å²) in [5, 5.41) is 5.81. The smallest absolute Gasteiger partial charge is 0.243 e.